The van der Waals surface area contributed by atoms with E-state index in [0.29, 0.717) is 6.04 Å². The average Bonchev–Trinajstić information content (AvgIpc) is 3.14. The highest BCUT2D eigenvalue weighted by Crippen LogP contribution is 2.32. The maximum Gasteiger partial charge on any atom is 0.204 e. The Labute approximate surface area is 123 Å². The Balaban J connectivity index is 1.79. The lowest BCUT2D eigenvalue weighted by molar-refractivity contribution is 0.492. The molecule has 1 aliphatic heterocycles. The van der Waals surface area contributed by atoms with Gasteiger partial charge < -0.3 is 9.88 Å². The number of hydrogen-bond acceptors (Lipinski definition) is 3. The van der Waals surface area contributed by atoms with Crippen LogP contribution in [0.5, 0.6) is 0 Å². The van der Waals surface area contributed by atoms with Crippen molar-refractivity contribution in [2.24, 2.45) is 7.05 Å². The molecule has 3 heterocycles. The molecule has 5 nitrogen and oxygen atoms in total. The minimum absolute atomic E-state index is 0.290. The largest absolute Gasteiger partial charge is 0.356 e. The zero-order valence-electron chi connectivity index (χ0n) is 11.9. The van der Waals surface area contributed by atoms with Gasteiger partial charge in [0.25, 0.3) is 0 Å². The van der Waals surface area contributed by atoms with Gasteiger partial charge in [-0.25, -0.2) is 4.98 Å². The molecule has 0 fully saturated rings. The summed E-state index contributed by atoms with van der Waals surface area (Å²) in [7, 11) is 1.99. The molecule has 1 unspecified atom stereocenters. The number of aryl methyl sites for hydroxylation is 1. The molecule has 4 rings (SSSR count). The van der Waals surface area contributed by atoms with Crippen molar-refractivity contribution in [1.82, 2.24) is 19.3 Å². The smallest absolute Gasteiger partial charge is 0.204 e. The van der Waals surface area contributed by atoms with E-state index in [0.717, 1.165) is 30.2 Å². The van der Waals surface area contributed by atoms with Gasteiger partial charge >= 0.3 is 0 Å². The van der Waals surface area contributed by atoms with E-state index in [1.807, 2.05) is 36.1 Å². The first-order valence-corrected chi connectivity index (χ1v) is 7.19. The molecule has 5 heteroatoms. The number of nitrogens with zero attached hydrogens (tertiary/aromatic N) is 4. The number of hydrogen-bond donors (Lipinski definition) is 1. The second-order valence-corrected chi connectivity index (χ2v) is 5.33. The second kappa shape index (κ2) is 4.77. The van der Waals surface area contributed by atoms with Crippen LogP contribution in [0, 0.1) is 0 Å². The van der Waals surface area contributed by atoms with Crippen LogP contribution in [0.15, 0.2) is 48.8 Å². The normalized spacial score (nSPS) is 17.3. The molecule has 0 amide bonds. The lowest BCUT2D eigenvalue weighted by Crippen LogP contribution is -2.24. The van der Waals surface area contributed by atoms with Crippen molar-refractivity contribution in [3.05, 3.63) is 54.5 Å². The van der Waals surface area contributed by atoms with E-state index in [-0.39, 0.29) is 0 Å². The van der Waals surface area contributed by atoms with Crippen molar-refractivity contribution >= 4 is 5.95 Å². The predicted octanol–water partition coefficient (Wildman–Crippen LogP) is 2.69. The molecule has 1 N–H and O–H groups in total. The highest BCUT2D eigenvalue weighted by molar-refractivity contribution is 5.61. The lowest BCUT2D eigenvalue weighted by atomic mass is 10.1. The van der Waals surface area contributed by atoms with Gasteiger partial charge in [-0.1, -0.05) is 30.3 Å². The fraction of sp³-hybridized carbons (Fsp3) is 0.250. The molecule has 0 spiro atoms. The molecule has 0 radical (unpaired) electrons. The fourth-order valence-corrected chi connectivity index (χ4v) is 2.97. The molecular formula is C16H17N5. The summed E-state index contributed by atoms with van der Waals surface area (Å²) in [6, 6.07) is 12.7. The Kier molecular flexibility index (Phi) is 2.77. The topological polar surface area (TPSA) is 47.7 Å². The highest BCUT2D eigenvalue weighted by Gasteiger charge is 2.25. The average molecular weight is 279 g/mol. The molecule has 0 saturated heterocycles. The van der Waals surface area contributed by atoms with E-state index in [2.05, 4.69) is 39.4 Å². The number of nitrogens with one attached hydrogen (secondary N) is 1. The van der Waals surface area contributed by atoms with Crippen LogP contribution in [-0.4, -0.2) is 25.9 Å². The van der Waals surface area contributed by atoms with E-state index in [1.165, 1.54) is 5.69 Å². The van der Waals surface area contributed by atoms with Crippen molar-refractivity contribution in [1.29, 1.82) is 0 Å². The molecule has 2 aromatic heterocycles. The Morgan fingerprint density at radius 2 is 2.05 bits per heavy atom. The van der Waals surface area contributed by atoms with Gasteiger partial charge in [-0.3, -0.25) is 4.68 Å². The number of fused-ring (bicyclic) bond motifs is 1. The fourth-order valence-electron chi connectivity index (χ4n) is 2.97. The maximum atomic E-state index is 4.73. The molecule has 1 aliphatic rings. The summed E-state index contributed by atoms with van der Waals surface area (Å²) >= 11 is 0. The summed E-state index contributed by atoms with van der Waals surface area (Å²) in [4.78, 5) is 4.73. The maximum absolute atomic E-state index is 4.73. The summed E-state index contributed by atoms with van der Waals surface area (Å²) < 4.78 is 4.17. The summed E-state index contributed by atoms with van der Waals surface area (Å²) in [5, 5.41) is 7.68. The van der Waals surface area contributed by atoms with Crippen LogP contribution in [0.3, 0.4) is 0 Å². The van der Waals surface area contributed by atoms with Gasteiger partial charge in [0.2, 0.25) is 5.95 Å². The minimum Gasteiger partial charge on any atom is -0.356 e. The molecule has 1 atom stereocenters. The number of benzene rings is 1. The van der Waals surface area contributed by atoms with Crippen LogP contribution in [-0.2, 0) is 7.05 Å². The van der Waals surface area contributed by atoms with E-state index in [4.69, 9.17) is 4.98 Å². The third-order valence-corrected chi connectivity index (χ3v) is 4.04. The quantitative estimate of drug-likeness (QED) is 0.784. The summed E-state index contributed by atoms with van der Waals surface area (Å²) in [6.07, 6.45) is 5.03. The SMILES string of the molecule is Cn1nccc1C1CCNc2nc(-c3ccccc3)cn21. The van der Waals surface area contributed by atoms with Gasteiger partial charge in [-0.2, -0.15) is 5.10 Å². The first-order valence-electron chi connectivity index (χ1n) is 7.19. The van der Waals surface area contributed by atoms with Gasteiger partial charge in [0.15, 0.2) is 0 Å². The summed E-state index contributed by atoms with van der Waals surface area (Å²) in [6.45, 7) is 0.932. The third-order valence-electron chi connectivity index (χ3n) is 4.04. The number of anilines is 1. The molecule has 0 bridgehead atoms. The lowest BCUT2D eigenvalue weighted by Gasteiger charge is -2.26. The van der Waals surface area contributed by atoms with Crippen LogP contribution in [0.25, 0.3) is 11.3 Å². The van der Waals surface area contributed by atoms with Gasteiger partial charge in [-0.15, -0.1) is 0 Å². The number of rotatable bonds is 2. The first kappa shape index (κ1) is 12.2. The van der Waals surface area contributed by atoms with E-state index in [9.17, 15) is 0 Å². The monoisotopic (exact) mass is 279 g/mol. The Bertz CT molecular complexity index is 756. The number of imidazole rings is 1. The molecule has 3 aromatic rings. The van der Waals surface area contributed by atoms with Crippen LogP contribution in [0.1, 0.15) is 18.2 Å². The van der Waals surface area contributed by atoms with Gasteiger partial charge in [-0.05, 0) is 12.5 Å². The van der Waals surface area contributed by atoms with Crippen LogP contribution in [0.4, 0.5) is 5.95 Å². The second-order valence-electron chi connectivity index (χ2n) is 5.33. The van der Waals surface area contributed by atoms with Crippen LogP contribution < -0.4 is 5.32 Å². The van der Waals surface area contributed by atoms with E-state index < -0.39 is 0 Å². The predicted molar refractivity (Wildman–Crippen MR) is 82.1 cm³/mol. The van der Waals surface area contributed by atoms with Gasteiger partial charge in [0.05, 0.1) is 17.4 Å². The summed E-state index contributed by atoms with van der Waals surface area (Å²) in [5.41, 5.74) is 3.37. The Morgan fingerprint density at radius 3 is 2.81 bits per heavy atom. The van der Waals surface area contributed by atoms with Crippen molar-refractivity contribution < 1.29 is 0 Å². The molecule has 21 heavy (non-hydrogen) atoms. The third kappa shape index (κ3) is 2.01. The molecule has 0 aliphatic carbocycles. The zero-order valence-corrected chi connectivity index (χ0v) is 11.9. The van der Waals surface area contributed by atoms with Gasteiger partial charge in [0.1, 0.15) is 0 Å². The first-order chi connectivity index (χ1) is 10.3. The van der Waals surface area contributed by atoms with Crippen molar-refractivity contribution in [3.63, 3.8) is 0 Å². The molecule has 106 valence electrons. The zero-order chi connectivity index (χ0) is 14.2. The Hall–Kier alpha value is -2.56. The van der Waals surface area contributed by atoms with Crippen molar-refractivity contribution in [2.45, 2.75) is 12.5 Å². The highest BCUT2D eigenvalue weighted by atomic mass is 15.3. The van der Waals surface area contributed by atoms with Crippen molar-refractivity contribution in [3.8, 4) is 11.3 Å². The number of aromatic nitrogens is 4. The summed E-state index contributed by atoms with van der Waals surface area (Å²) in [5.74, 6) is 0.936. The van der Waals surface area contributed by atoms with Crippen LogP contribution in [0.2, 0.25) is 0 Å². The molecule has 1 aromatic carbocycles. The Morgan fingerprint density at radius 1 is 1.19 bits per heavy atom. The molecule has 0 saturated carbocycles. The van der Waals surface area contributed by atoms with Gasteiger partial charge in [0, 0.05) is 31.5 Å². The molecular weight excluding hydrogens is 262 g/mol. The van der Waals surface area contributed by atoms with Crippen molar-refractivity contribution in [2.75, 3.05) is 11.9 Å². The standard InChI is InChI=1S/C16H17N5/c1-20-14(8-10-18-20)15-7-9-17-16-19-13(11-21(15)16)12-5-3-2-4-6-12/h2-6,8,10-11,15H,7,9H2,1H3,(H,17,19). The van der Waals surface area contributed by atoms with Crippen LogP contribution >= 0.6 is 0 Å². The minimum atomic E-state index is 0.290. The van der Waals surface area contributed by atoms with E-state index in [1.54, 1.807) is 0 Å². The van der Waals surface area contributed by atoms with E-state index >= 15 is 0 Å².